The van der Waals surface area contributed by atoms with Gasteiger partial charge < -0.3 is 30.9 Å². The summed E-state index contributed by atoms with van der Waals surface area (Å²) in [5.41, 5.74) is 0. The second kappa shape index (κ2) is 13.3. The summed E-state index contributed by atoms with van der Waals surface area (Å²) in [6.07, 6.45) is 8.11. The van der Waals surface area contributed by atoms with Gasteiger partial charge in [-0.15, -0.1) is 0 Å². The first-order valence-electron chi connectivity index (χ1n) is 7.40. The summed E-state index contributed by atoms with van der Waals surface area (Å²) < 4.78 is 12.1. The molecule has 4 heteroatoms. The third kappa shape index (κ3) is 16.3. The van der Waals surface area contributed by atoms with E-state index in [0.717, 1.165) is 24.2 Å². The van der Waals surface area contributed by atoms with Gasteiger partial charge in [0, 0.05) is 13.7 Å². The van der Waals surface area contributed by atoms with E-state index in [-0.39, 0.29) is 23.1 Å². The van der Waals surface area contributed by atoms with Crippen LogP contribution in [-0.4, -0.2) is 58.6 Å². The first-order chi connectivity index (χ1) is 8.49. The van der Waals surface area contributed by atoms with Gasteiger partial charge in [0.25, 0.3) is 0 Å². The van der Waals surface area contributed by atoms with Crippen LogP contribution in [0.25, 0.3) is 0 Å². The van der Waals surface area contributed by atoms with Gasteiger partial charge in [0.15, 0.2) is 0 Å². The Kier molecular flexibility index (Phi) is 15.2. The quantitative estimate of drug-likeness (QED) is 0.370. The highest BCUT2D eigenvalue weighted by Crippen LogP contribution is 2.05. The lowest BCUT2D eigenvalue weighted by molar-refractivity contribution is -0.873. The lowest BCUT2D eigenvalue weighted by Gasteiger charge is -2.28. The third-order valence-electron chi connectivity index (χ3n) is 3.03. The topological polar surface area (TPSA) is 18.5 Å². The van der Waals surface area contributed by atoms with Crippen LogP contribution in [0.3, 0.4) is 0 Å². The number of rotatable bonds is 12. The average Bonchev–Trinajstić information content (AvgIpc) is 2.29. The molecule has 0 saturated heterocycles. The van der Waals surface area contributed by atoms with Crippen molar-refractivity contribution in [1.82, 2.24) is 0 Å². The van der Waals surface area contributed by atoms with Crippen LogP contribution in [0.2, 0.25) is 0 Å². The lowest BCUT2D eigenvalue weighted by atomic mass is 10.1. The molecule has 0 spiro atoms. The van der Waals surface area contributed by atoms with E-state index in [1.54, 1.807) is 7.11 Å². The van der Waals surface area contributed by atoms with Crippen molar-refractivity contribution < 1.29 is 30.9 Å². The van der Waals surface area contributed by atoms with E-state index in [1.807, 2.05) is 0 Å². The van der Waals surface area contributed by atoms with E-state index < -0.39 is 0 Å². The van der Waals surface area contributed by atoms with Gasteiger partial charge in [0.1, 0.15) is 12.6 Å². The number of likely N-dealkylation sites (N-methyl/N-ethyl adjacent to an activating group) is 1. The van der Waals surface area contributed by atoms with E-state index >= 15 is 0 Å². The lowest BCUT2D eigenvalue weighted by Crippen LogP contribution is -3.00. The average molecular weight is 340 g/mol. The Hall–Kier alpha value is 0.360. The van der Waals surface area contributed by atoms with Crippen LogP contribution in [0.4, 0.5) is 0 Å². The van der Waals surface area contributed by atoms with Crippen molar-refractivity contribution in [2.75, 3.05) is 48.0 Å². The maximum absolute atomic E-state index is 5.70. The van der Waals surface area contributed by atoms with Crippen molar-refractivity contribution >= 4 is 0 Å². The van der Waals surface area contributed by atoms with E-state index in [9.17, 15) is 0 Å². The molecule has 3 nitrogen and oxygen atoms in total. The molecule has 0 aliphatic rings. The smallest absolute Gasteiger partial charge is 0.129 e. The summed E-state index contributed by atoms with van der Waals surface area (Å²) in [5, 5.41) is 0. The molecule has 1 unspecified atom stereocenters. The zero-order chi connectivity index (χ0) is 13.9. The van der Waals surface area contributed by atoms with Crippen LogP contribution in [0.5, 0.6) is 0 Å². The van der Waals surface area contributed by atoms with Gasteiger partial charge in [-0.2, -0.15) is 0 Å². The Bertz CT molecular complexity index is 183. The Balaban J connectivity index is 0. The van der Waals surface area contributed by atoms with Crippen molar-refractivity contribution in [3.8, 4) is 0 Å². The molecule has 0 rings (SSSR count). The minimum absolute atomic E-state index is 0. The maximum Gasteiger partial charge on any atom is 0.129 e. The second-order valence-corrected chi connectivity index (χ2v) is 6.17. The number of unbranched alkanes of at least 4 members (excludes halogenated alkanes) is 5. The van der Waals surface area contributed by atoms with Crippen LogP contribution in [0, 0.1) is 0 Å². The molecule has 0 N–H and O–H groups in total. The third-order valence-corrected chi connectivity index (χ3v) is 3.03. The minimum atomic E-state index is 0. The molecule has 0 aromatic rings. The van der Waals surface area contributed by atoms with Crippen LogP contribution >= 0.6 is 0 Å². The first kappa shape index (κ1) is 21.7. The number of quaternary nitrogens is 1. The molecular formula is C15H34BrNO2. The maximum atomic E-state index is 5.70. The van der Waals surface area contributed by atoms with Gasteiger partial charge >= 0.3 is 0 Å². The summed E-state index contributed by atoms with van der Waals surface area (Å²) >= 11 is 0. The number of nitrogens with zero attached hydrogens (tertiary/aromatic N) is 1. The molecule has 0 fully saturated rings. The highest BCUT2D eigenvalue weighted by molar-refractivity contribution is 4.54. The van der Waals surface area contributed by atoms with Gasteiger partial charge in [0.05, 0.1) is 27.7 Å². The normalized spacial score (nSPS) is 13.1. The van der Waals surface area contributed by atoms with Crippen molar-refractivity contribution in [1.29, 1.82) is 0 Å². The highest BCUT2D eigenvalue weighted by Gasteiger charge is 2.17. The monoisotopic (exact) mass is 339 g/mol. The molecule has 1 atom stereocenters. The summed E-state index contributed by atoms with van der Waals surface area (Å²) in [5.74, 6) is 0. The molecule has 0 amide bonds. The van der Waals surface area contributed by atoms with E-state index in [4.69, 9.17) is 9.47 Å². The summed E-state index contributed by atoms with van der Waals surface area (Å²) in [7, 11) is 8.31. The number of halogens is 1. The van der Waals surface area contributed by atoms with Crippen molar-refractivity contribution in [3.05, 3.63) is 0 Å². The number of hydrogen-bond acceptors (Lipinski definition) is 2. The first-order valence-corrected chi connectivity index (χ1v) is 7.40. The molecule has 0 heterocycles. The van der Waals surface area contributed by atoms with E-state index in [2.05, 4.69) is 28.1 Å². The molecule has 0 bridgehead atoms. The Morgan fingerprint density at radius 1 is 0.947 bits per heavy atom. The fraction of sp³-hybridized carbons (Fsp3) is 1.00. The Labute approximate surface area is 131 Å². The Morgan fingerprint density at radius 2 is 1.53 bits per heavy atom. The van der Waals surface area contributed by atoms with Crippen molar-refractivity contribution in [2.45, 2.75) is 51.6 Å². The molecule has 0 aliphatic carbocycles. The molecular weight excluding hydrogens is 306 g/mol. The van der Waals surface area contributed by atoms with E-state index in [0.29, 0.717) is 0 Å². The molecule has 0 aromatic carbocycles. The standard InChI is InChI=1S/C15H34NO2.BrH/c1-6-7-8-9-10-11-12-18-14-15(17-5)13-16(2,3)4;/h15H,6-14H2,1-5H3;1H/q+1;/p-1. The SMILES string of the molecule is CCCCCCCCOCC(C[N+](C)(C)C)OC.[Br-]. The fourth-order valence-corrected chi connectivity index (χ4v) is 2.01. The zero-order valence-corrected chi connectivity index (χ0v) is 15.2. The zero-order valence-electron chi connectivity index (χ0n) is 13.6. The predicted molar refractivity (Wildman–Crippen MR) is 77.9 cm³/mol. The Morgan fingerprint density at radius 3 is 2.05 bits per heavy atom. The summed E-state index contributed by atoms with van der Waals surface area (Å²) in [4.78, 5) is 0. The molecule has 19 heavy (non-hydrogen) atoms. The molecule has 0 aliphatic heterocycles. The fourth-order valence-electron chi connectivity index (χ4n) is 2.01. The highest BCUT2D eigenvalue weighted by atomic mass is 79.9. The van der Waals surface area contributed by atoms with Crippen molar-refractivity contribution in [3.63, 3.8) is 0 Å². The number of ether oxygens (including phenoxy) is 2. The van der Waals surface area contributed by atoms with Crippen LogP contribution in [0.15, 0.2) is 0 Å². The predicted octanol–water partition coefficient (Wildman–Crippen LogP) is 0.0887. The van der Waals surface area contributed by atoms with Crippen LogP contribution in [-0.2, 0) is 9.47 Å². The summed E-state index contributed by atoms with van der Waals surface area (Å²) in [6.45, 7) is 4.85. The molecule has 0 aromatic heterocycles. The van der Waals surface area contributed by atoms with Crippen LogP contribution in [0.1, 0.15) is 45.4 Å². The number of methoxy groups -OCH3 is 1. The molecule has 0 saturated carbocycles. The summed E-state index contributed by atoms with van der Waals surface area (Å²) in [6, 6.07) is 0. The van der Waals surface area contributed by atoms with Gasteiger partial charge in [-0.3, -0.25) is 0 Å². The van der Waals surface area contributed by atoms with E-state index in [1.165, 1.54) is 38.5 Å². The largest absolute Gasteiger partial charge is 1.00 e. The van der Waals surface area contributed by atoms with Crippen molar-refractivity contribution in [2.24, 2.45) is 0 Å². The number of hydrogen-bond donors (Lipinski definition) is 0. The van der Waals surface area contributed by atoms with Gasteiger partial charge in [0.2, 0.25) is 0 Å². The molecule has 118 valence electrons. The second-order valence-electron chi connectivity index (χ2n) is 6.17. The van der Waals surface area contributed by atoms with Crippen LogP contribution < -0.4 is 17.0 Å². The van der Waals surface area contributed by atoms with Gasteiger partial charge in [-0.25, -0.2) is 0 Å². The molecule has 0 radical (unpaired) electrons. The van der Waals surface area contributed by atoms with Gasteiger partial charge in [-0.1, -0.05) is 39.0 Å². The van der Waals surface area contributed by atoms with Gasteiger partial charge in [-0.05, 0) is 6.42 Å². The minimum Gasteiger partial charge on any atom is -1.00 e.